The standard InChI is InChI=1S/C11H12Cl2O2/c1-6(2)10(14)11(15)9-7(12)4-3-5-8(9)13/h3-5,10-11,14-15H,1H2,2H3/t10-,11-/m1/s1. The summed E-state index contributed by atoms with van der Waals surface area (Å²) in [6.45, 7) is 5.19. The molecule has 0 aliphatic rings. The van der Waals surface area contributed by atoms with Crippen LogP contribution >= 0.6 is 23.2 Å². The van der Waals surface area contributed by atoms with E-state index in [9.17, 15) is 10.2 Å². The molecule has 1 aromatic carbocycles. The summed E-state index contributed by atoms with van der Waals surface area (Å²) in [5.74, 6) is 0. The van der Waals surface area contributed by atoms with Gasteiger partial charge in [-0.25, -0.2) is 0 Å². The van der Waals surface area contributed by atoms with Gasteiger partial charge in [-0.1, -0.05) is 35.8 Å². The molecule has 0 aromatic heterocycles. The summed E-state index contributed by atoms with van der Waals surface area (Å²) in [4.78, 5) is 0. The van der Waals surface area contributed by atoms with Crippen LogP contribution in [0.2, 0.25) is 10.0 Å². The average molecular weight is 247 g/mol. The van der Waals surface area contributed by atoms with E-state index in [1.807, 2.05) is 0 Å². The highest BCUT2D eigenvalue weighted by atomic mass is 35.5. The maximum Gasteiger partial charge on any atom is 0.112 e. The highest BCUT2D eigenvalue weighted by Crippen LogP contribution is 2.33. The lowest BCUT2D eigenvalue weighted by Gasteiger charge is -2.20. The van der Waals surface area contributed by atoms with E-state index in [0.717, 1.165) is 0 Å². The maximum absolute atomic E-state index is 9.84. The van der Waals surface area contributed by atoms with Gasteiger partial charge in [-0.3, -0.25) is 0 Å². The van der Waals surface area contributed by atoms with Gasteiger partial charge in [0.05, 0.1) is 0 Å². The lowest BCUT2D eigenvalue weighted by molar-refractivity contribution is 0.0416. The molecular weight excluding hydrogens is 235 g/mol. The molecule has 0 amide bonds. The molecule has 1 rings (SSSR count). The smallest absolute Gasteiger partial charge is 0.112 e. The molecule has 2 atom stereocenters. The van der Waals surface area contributed by atoms with Crippen molar-refractivity contribution >= 4 is 23.2 Å². The van der Waals surface area contributed by atoms with Crippen molar-refractivity contribution in [3.8, 4) is 0 Å². The van der Waals surface area contributed by atoms with Gasteiger partial charge in [0.25, 0.3) is 0 Å². The Bertz CT molecular complexity index is 357. The molecule has 0 unspecified atom stereocenters. The first-order valence-corrected chi connectivity index (χ1v) is 5.16. The van der Waals surface area contributed by atoms with Gasteiger partial charge in [-0.2, -0.15) is 0 Å². The fraction of sp³-hybridized carbons (Fsp3) is 0.273. The maximum atomic E-state index is 9.84. The zero-order valence-corrected chi connectivity index (χ0v) is 9.76. The van der Waals surface area contributed by atoms with Crippen molar-refractivity contribution in [2.75, 3.05) is 0 Å². The van der Waals surface area contributed by atoms with Crippen molar-refractivity contribution in [2.24, 2.45) is 0 Å². The van der Waals surface area contributed by atoms with E-state index in [1.54, 1.807) is 25.1 Å². The second-order valence-corrected chi connectivity index (χ2v) is 4.19. The molecule has 82 valence electrons. The Labute approximate surface area is 98.8 Å². The summed E-state index contributed by atoms with van der Waals surface area (Å²) in [5, 5.41) is 20.1. The lowest BCUT2D eigenvalue weighted by atomic mass is 10.00. The first-order chi connectivity index (χ1) is 6.95. The number of benzene rings is 1. The van der Waals surface area contributed by atoms with Gasteiger partial charge < -0.3 is 10.2 Å². The van der Waals surface area contributed by atoms with Crippen LogP contribution in [0.4, 0.5) is 0 Å². The van der Waals surface area contributed by atoms with Gasteiger partial charge in [-0.05, 0) is 24.6 Å². The van der Waals surface area contributed by atoms with Gasteiger partial charge in [0.2, 0.25) is 0 Å². The first-order valence-electron chi connectivity index (χ1n) is 4.40. The summed E-state index contributed by atoms with van der Waals surface area (Å²) in [6, 6.07) is 4.89. The number of aliphatic hydroxyl groups excluding tert-OH is 2. The van der Waals surface area contributed by atoms with Crippen molar-refractivity contribution in [1.29, 1.82) is 0 Å². The van der Waals surface area contributed by atoms with Gasteiger partial charge in [0.1, 0.15) is 12.2 Å². The molecule has 0 aliphatic carbocycles. The van der Waals surface area contributed by atoms with Crippen molar-refractivity contribution < 1.29 is 10.2 Å². The third-order valence-corrected chi connectivity index (χ3v) is 2.76. The minimum Gasteiger partial charge on any atom is -0.386 e. The third kappa shape index (κ3) is 2.73. The fourth-order valence-corrected chi connectivity index (χ4v) is 1.84. The van der Waals surface area contributed by atoms with Crippen LogP contribution in [0.1, 0.15) is 18.6 Å². The minimum absolute atomic E-state index is 0.329. The van der Waals surface area contributed by atoms with Crippen LogP contribution in [0.3, 0.4) is 0 Å². The number of aliphatic hydroxyl groups is 2. The summed E-state index contributed by atoms with van der Waals surface area (Å²) < 4.78 is 0. The molecule has 15 heavy (non-hydrogen) atoms. The molecule has 2 nitrogen and oxygen atoms in total. The number of hydrogen-bond donors (Lipinski definition) is 2. The van der Waals surface area contributed by atoms with Crippen molar-refractivity contribution in [2.45, 2.75) is 19.1 Å². The van der Waals surface area contributed by atoms with Crippen LogP contribution in [0, 0.1) is 0 Å². The molecular formula is C11H12Cl2O2. The van der Waals surface area contributed by atoms with Crippen LogP contribution in [0.15, 0.2) is 30.4 Å². The van der Waals surface area contributed by atoms with E-state index < -0.39 is 12.2 Å². The van der Waals surface area contributed by atoms with Gasteiger partial charge in [-0.15, -0.1) is 0 Å². The van der Waals surface area contributed by atoms with Crippen molar-refractivity contribution in [1.82, 2.24) is 0 Å². The molecule has 0 bridgehead atoms. The summed E-state index contributed by atoms with van der Waals surface area (Å²) in [6.07, 6.45) is -2.22. The first kappa shape index (κ1) is 12.5. The fourth-order valence-electron chi connectivity index (χ4n) is 1.22. The topological polar surface area (TPSA) is 40.5 Å². The van der Waals surface area contributed by atoms with Crippen molar-refractivity contribution in [3.05, 3.63) is 46.0 Å². The summed E-state index contributed by atoms with van der Waals surface area (Å²) in [5.41, 5.74) is 0.787. The molecule has 0 radical (unpaired) electrons. The normalized spacial score (nSPS) is 14.7. The van der Waals surface area contributed by atoms with E-state index in [4.69, 9.17) is 23.2 Å². The Balaban J connectivity index is 3.10. The molecule has 0 heterocycles. The second-order valence-electron chi connectivity index (χ2n) is 3.37. The van der Waals surface area contributed by atoms with Crippen LogP contribution < -0.4 is 0 Å². The highest BCUT2D eigenvalue weighted by molar-refractivity contribution is 6.36. The van der Waals surface area contributed by atoms with Crippen LogP contribution in [0.25, 0.3) is 0 Å². The molecule has 0 aliphatic heterocycles. The number of halogens is 2. The largest absolute Gasteiger partial charge is 0.386 e. The quantitative estimate of drug-likeness (QED) is 0.806. The molecule has 1 aromatic rings. The van der Waals surface area contributed by atoms with Crippen LogP contribution in [0.5, 0.6) is 0 Å². The van der Waals surface area contributed by atoms with Gasteiger partial charge in [0, 0.05) is 15.6 Å². The number of hydrogen-bond acceptors (Lipinski definition) is 2. The monoisotopic (exact) mass is 246 g/mol. The second kappa shape index (κ2) is 4.99. The summed E-state index contributed by atoms with van der Waals surface area (Å²) in [7, 11) is 0. The Morgan fingerprint density at radius 1 is 1.27 bits per heavy atom. The SMILES string of the molecule is C=C(C)[C@@H](O)[C@H](O)c1c(Cl)cccc1Cl. The Morgan fingerprint density at radius 3 is 2.13 bits per heavy atom. The summed E-state index contributed by atoms with van der Waals surface area (Å²) >= 11 is 11.8. The molecule has 2 N–H and O–H groups in total. The Hall–Kier alpha value is -0.540. The van der Waals surface area contributed by atoms with E-state index in [-0.39, 0.29) is 0 Å². The molecule has 0 spiro atoms. The number of rotatable bonds is 3. The molecule has 0 fully saturated rings. The molecule has 4 heteroatoms. The Kier molecular flexibility index (Phi) is 4.17. The predicted octanol–water partition coefficient (Wildman–Crippen LogP) is 2.96. The minimum atomic E-state index is -1.15. The zero-order chi connectivity index (χ0) is 11.6. The van der Waals surface area contributed by atoms with Gasteiger partial charge >= 0.3 is 0 Å². The average Bonchev–Trinajstić information content (AvgIpc) is 2.15. The van der Waals surface area contributed by atoms with Crippen LogP contribution in [-0.2, 0) is 0 Å². The highest BCUT2D eigenvalue weighted by Gasteiger charge is 2.23. The zero-order valence-electron chi connectivity index (χ0n) is 8.24. The van der Waals surface area contributed by atoms with E-state index in [1.165, 1.54) is 0 Å². The molecule has 0 saturated carbocycles. The van der Waals surface area contributed by atoms with E-state index in [0.29, 0.717) is 21.2 Å². The van der Waals surface area contributed by atoms with Crippen LogP contribution in [-0.4, -0.2) is 16.3 Å². The lowest BCUT2D eigenvalue weighted by Crippen LogP contribution is -2.19. The third-order valence-electron chi connectivity index (χ3n) is 2.10. The van der Waals surface area contributed by atoms with Gasteiger partial charge in [0.15, 0.2) is 0 Å². The van der Waals surface area contributed by atoms with Crippen molar-refractivity contribution in [3.63, 3.8) is 0 Å². The van der Waals surface area contributed by atoms with E-state index >= 15 is 0 Å². The molecule has 0 saturated heterocycles. The Morgan fingerprint density at radius 2 is 1.73 bits per heavy atom. The van der Waals surface area contributed by atoms with E-state index in [2.05, 4.69) is 6.58 Å². The predicted molar refractivity (Wildman–Crippen MR) is 62.2 cm³/mol.